The molecule has 1 aliphatic heterocycles. The van der Waals surface area contributed by atoms with E-state index in [0.29, 0.717) is 35.9 Å². The number of aliphatic hydroxyl groups is 1. The normalized spacial score (nSPS) is 17.6. The fourth-order valence-corrected chi connectivity index (χ4v) is 4.53. The summed E-state index contributed by atoms with van der Waals surface area (Å²) in [5, 5.41) is 13.5. The highest BCUT2D eigenvalue weighted by atomic mass is 16.5. The number of benzene rings is 2. The van der Waals surface area contributed by atoms with Crippen molar-refractivity contribution in [2.24, 2.45) is 7.05 Å². The van der Waals surface area contributed by atoms with Gasteiger partial charge in [-0.05, 0) is 42.8 Å². The van der Waals surface area contributed by atoms with Crippen molar-refractivity contribution in [3.8, 4) is 11.5 Å². The third-order valence-electron chi connectivity index (χ3n) is 6.55. The second-order valence-electron chi connectivity index (χ2n) is 9.09. The zero-order valence-corrected chi connectivity index (χ0v) is 20.7. The minimum atomic E-state index is -0.594. The number of ether oxygens (including phenoxy) is 2. The third kappa shape index (κ3) is 4.39. The highest BCUT2D eigenvalue weighted by Gasteiger charge is 2.33. The molecule has 0 saturated carbocycles. The summed E-state index contributed by atoms with van der Waals surface area (Å²) in [6, 6.07) is 11.7. The fraction of sp³-hybridized carbons (Fsp3) is 0.269. The second kappa shape index (κ2) is 9.26. The summed E-state index contributed by atoms with van der Waals surface area (Å²) in [6.07, 6.45) is 4.06. The van der Waals surface area contributed by atoms with Crippen LogP contribution in [0.5, 0.6) is 11.5 Å². The molecule has 0 spiro atoms. The Hall–Kier alpha value is -4.35. The van der Waals surface area contributed by atoms with E-state index < -0.39 is 6.10 Å². The molecule has 2 atom stereocenters. The molecule has 4 heterocycles. The molecule has 5 aromatic rings. The first kappa shape index (κ1) is 23.1. The molecule has 0 amide bonds. The number of anilines is 3. The Kier molecular flexibility index (Phi) is 5.78. The van der Waals surface area contributed by atoms with Crippen LogP contribution in [0.3, 0.4) is 0 Å². The SMILES string of the molecule is CO[C@@H]1CN(c2ncc3ncnc(Nc4ccc(Oc5ccc6c(c5)ncn6C)c(C)c4)c3n2)C[C@H]1O. The van der Waals surface area contributed by atoms with Crippen molar-refractivity contribution in [1.82, 2.24) is 29.5 Å². The van der Waals surface area contributed by atoms with Crippen molar-refractivity contribution in [2.45, 2.75) is 19.1 Å². The molecule has 6 rings (SSSR count). The van der Waals surface area contributed by atoms with Crippen molar-refractivity contribution in [1.29, 1.82) is 0 Å². The average molecular weight is 499 g/mol. The Bertz CT molecular complexity index is 1600. The Labute approximate surface area is 212 Å². The molecule has 1 aliphatic rings. The summed E-state index contributed by atoms with van der Waals surface area (Å²) in [5.41, 5.74) is 4.93. The molecular weight excluding hydrogens is 472 g/mol. The molecule has 11 heteroatoms. The van der Waals surface area contributed by atoms with Gasteiger partial charge >= 0.3 is 0 Å². The van der Waals surface area contributed by atoms with E-state index in [-0.39, 0.29) is 6.10 Å². The van der Waals surface area contributed by atoms with E-state index in [1.54, 1.807) is 19.6 Å². The van der Waals surface area contributed by atoms with Crippen LogP contribution in [0.15, 0.2) is 55.2 Å². The van der Waals surface area contributed by atoms with E-state index in [0.717, 1.165) is 33.8 Å². The number of aliphatic hydroxyl groups excluding tert-OH is 1. The first-order chi connectivity index (χ1) is 18.0. The summed E-state index contributed by atoms with van der Waals surface area (Å²) in [4.78, 5) is 24.2. The standard InChI is InChI=1S/C26H26N8O3/c1-15-8-16(4-7-22(15)37-17-5-6-20-18(9-17)30-14-33(20)2)31-25-24-19(28-13-29-25)10-27-26(32-24)34-11-21(35)23(12-34)36-3/h4-10,13-14,21,23,35H,11-12H2,1-3H3,(H,28,29,31)/t21-,23-/m1/s1. The topological polar surface area (TPSA) is 123 Å². The molecule has 2 N–H and O–H groups in total. The van der Waals surface area contributed by atoms with Gasteiger partial charge in [0.1, 0.15) is 35.0 Å². The molecule has 11 nitrogen and oxygen atoms in total. The quantitative estimate of drug-likeness (QED) is 0.360. The minimum absolute atomic E-state index is 0.279. The van der Waals surface area contributed by atoms with Gasteiger partial charge in [0.25, 0.3) is 0 Å². The Balaban J connectivity index is 1.24. The van der Waals surface area contributed by atoms with Gasteiger partial charge in [-0.25, -0.2) is 24.9 Å². The number of aromatic nitrogens is 6. The number of rotatable bonds is 6. The smallest absolute Gasteiger partial charge is 0.226 e. The first-order valence-electron chi connectivity index (χ1n) is 11.9. The van der Waals surface area contributed by atoms with Crippen LogP contribution in [0.25, 0.3) is 22.1 Å². The molecule has 37 heavy (non-hydrogen) atoms. The van der Waals surface area contributed by atoms with Gasteiger partial charge in [-0.15, -0.1) is 0 Å². The van der Waals surface area contributed by atoms with E-state index in [4.69, 9.17) is 14.5 Å². The Morgan fingerprint density at radius 3 is 2.73 bits per heavy atom. The van der Waals surface area contributed by atoms with Crippen molar-refractivity contribution in [3.63, 3.8) is 0 Å². The second-order valence-corrected chi connectivity index (χ2v) is 9.09. The largest absolute Gasteiger partial charge is 0.457 e. The number of nitrogens with zero attached hydrogens (tertiary/aromatic N) is 7. The lowest BCUT2D eigenvalue weighted by molar-refractivity contribution is 0.0217. The van der Waals surface area contributed by atoms with Crippen LogP contribution in [-0.4, -0.2) is 67.0 Å². The summed E-state index contributed by atoms with van der Waals surface area (Å²) >= 11 is 0. The minimum Gasteiger partial charge on any atom is -0.457 e. The van der Waals surface area contributed by atoms with Crippen LogP contribution in [0.2, 0.25) is 0 Å². The zero-order chi connectivity index (χ0) is 25.5. The van der Waals surface area contributed by atoms with E-state index in [9.17, 15) is 5.11 Å². The van der Waals surface area contributed by atoms with Crippen LogP contribution in [0.4, 0.5) is 17.5 Å². The zero-order valence-electron chi connectivity index (χ0n) is 20.7. The van der Waals surface area contributed by atoms with E-state index in [1.807, 2.05) is 59.8 Å². The van der Waals surface area contributed by atoms with Crippen LogP contribution >= 0.6 is 0 Å². The molecule has 0 radical (unpaired) electrons. The van der Waals surface area contributed by atoms with Crippen molar-refractivity contribution < 1.29 is 14.6 Å². The van der Waals surface area contributed by atoms with Crippen LogP contribution in [0.1, 0.15) is 5.56 Å². The van der Waals surface area contributed by atoms with Gasteiger partial charge in [-0.2, -0.15) is 0 Å². The predicted octanol–water partition coefficient (Wildman–Crippen LogP) is 3.35. The van der Waals surface area contributed by atoms with Crippen LogP contribution in [-0.2, 0) is 11.8 Å². The summed E-state index contributed by atoms with van der Waals surface area (Å²) < 4.78 is 13.5. The molecule has 3 aromatic heterocycles. The number of β-amino-alcohol motifs (C(OH)–C–C–N with tert-alkyl or cyclic N) is 1. The summed E-state index contributed by atoms with van der Waals surface area (Å²) in [7, 11) is 3.55. The van der Waals surface area contributed by atoms with Gasteiger partial charge in [0.15, 0.2) is 5.82 Å². The van der Waals surface area contributed by atoms with Gasteiger partial charge in [0.2, 0.25) is 5.95 Å². The monoisotopic (exact) mass is 498 g/mol. The fourth-order valence-electron chi connectivity index (χ4n) is 4.53. The molecule has 188 valence electrons. The van der Waals surface area contributed by atoms with Crippen molar-refractivity contribution in [2.75, 3.05) is 30.4 Å². The maximum absolute atomic E-state index is 10.2. The third-order valence-corrected chi connectivity index (χ3v) is 6.55. The number of hydrogen-bond acceptors (Lipinski definition) is 10. The number of hydrogen-bond donors (Lipinski definition) is 2. The van der Waals surface area contributed by atoms with Crippen LogP contribution in [0, 0.1) is 6.92 Å². The van der Waals surface area contributed by atoms with Crippen LogP contribution < -0.4 is 15.0 Å². The lowest BCUT2D eigenvalue weighted by Gasteiger charge is -2.16. The lowest BCUT2D eigenvalue weighted by atomic mass is 10.2. The van der Waals surface area contributed by atoms with Crippen molar-refractivity contribution in [3.05, 3.63) is 60.8 Å². The number of methoxy groups -OCH3 is 1. The number of aryl methyl sites for hydroxylation is 2. The number of imidazole rings is 1. The van der Waals surface area contributed by atoms with E-state index in [2.05, 4.69) is 25.3 Å². The number of fused-ring (bicyclic) bond motifs is 2. The Morgan fingerprint density at radius 2 is 1.92 bits per heavy atom. The maximum Gasteiger partial charge on any atom is 0.226 e. The highest BCUT2D eigenvalue weighted by Crippen LogP contribution is 2.31. The van der Waals surface area contributed by atoms with E-state index in [1.165, 1.54) is 6.33 Å². The van der Waals surface area contributed by atoms with Gasteiger partial charge in [0.05, 0.1) is 29.7 Å². The van der Waals surface area contributed by atoms with Gasteiger partial charge < -0.3 is 29.4 Å². The predicted molar refractivity (Wildman–Crippen MR) is 139 cm³/mol. The molecular formula is C26H26N8O3. The summed E-state index contributed by atoms with van der Waals surface area (Å²) in [5.74, 6) is 2.53. The Morgan fingerprint density at radius 1 is 1.03 bits per heavy atom. The van der Waals surface area contributed by atoms with Crippen molar-refractivity contribution >= 4 is 39.5 Å². The van der Waals surface area contributed by atoms with Gasteiger partial charge in [0, 0.05) is 39.0 Å². The maximum atomic E-state index is 10.2. The molecule has 1 fully saturated rings. The van der Waals surface area contributed by atoms with Gasteiger partial charge in [-0.3, -0.25) is 0 Å². The summed E-state index contributed by atoms with van der Waals surface area (Å²) in [6.45, 7) is 2.89. The average Bonchev–Trinajstić information content (AvgIpc) is 3.47. The molecule has 0 bridgehead atoms. The molecule has 2 aromatic carbocycles. The molecule has 0 aliphatic carbocycles. The van der Waals surface area contributed by atoms with E-state index >= 15 is 0 Å². The molecule has 0 unspecified atom stereocenters. The lowest BCUT2D eigenvalue weighted by Crippen LogP contribution is -2.25. The molecule has 1 saturated heterocycles. The highest BCUT2D eigenvalue weighted by molar-refractivity contribution is 5.87. The first-order valence-corrected chi connectivity index (χ1v) is 11.9. The number of nitrogens with one attached hydrogen (secondary N) is 1. The van der Waals surface area contributed by atoms with Gasteiger partial charge in [-0.1, -0.05) is 0 Å².